The molecule has 0 amide bonds. The standard InChI is InChI=1S/C72H46B3N5O/c1-6-24-47(25-7-1)76(48-26-8-2-9-27-48)52-42-64-69-68(43-52)81-67-41-23-19-37-56(67)75(69)58-45-62-57(44-63(58)78(64)50-30-12-4-13-31-50)74-55-36-18-22-40-61(55)80-60-39-21-17-35-54(60)73-53-34-16-20-38-59(53)77(49-28-10-3-11-29-49)65-46-66(71(74)72(80)70(65)73)79(62)51-32-14-5-15-33-51/h1-46H. The molecule has 12 aromatic rings. The van der Waals surface area contributed by atoms with Crippen molar-refractivity contribution in [2.75, 3.05) is 24.5 Å². The molecule has 6 heterocycles. The largest absolute Gasteiger partial charge is 0.458 e. The Labute approximate surface area is 471 Å². The van der Waals surface area contributed by atoms with Gasteiger partial charge in [0.2, 0.25) is 0 Å². The van der Waals surface area contributed by atoms with Crippen molar-refractivity contribution < 1.29 is 4.74 Å². The molecule has 81 heavy (non-hydrogen) atoms. The highest BCUT2D eigenvalue weighted by Gasteiger charge is 2.53. The van der Waals surface area contributed by atoms with Crippen LogP contribution in [0.25, 0.3) is 0 Å². The Hall–Kier alpha value is -10.4. The summed E-state index contributed by atoms with van der Waals surface area (Å²) in [5.41, 5.74) is 28.5. The van der Waals surface area contributed by atoms with Gasteiger partial charge in [0.05, 0.1) is 5.69 Å². The predicted octanol–water partition coefficient (Wildman–Crippen LogP) is 12.3. The summed E-state index contributed by atoms with van der Waals surface area (Å²) in [4.78, 5) is 12.6. The van der Waals surface area contributed by atoms with Crippen LogP contribution in [0.15, 0.2) is 279 Å². The Bertz CT molecular complexity index is 4520. The second kappa shape index (κ2) is 17.1. The van der Waals surface area contributed by atoms with E-state index in [2.05, 4.69) is 304 Å². The molecule has 0 spiro atoms. The third kappa shape index (κ3) is 6.26. The van der Waals surface area contributed by atoms with Crippen LogP contribution in [-0.2, 0) is 0 Å². The van der Waals surface area contributed by atoms with Gasteiger partial charge in [-0.05, 0) is 158 Å². The molecule has 0 saturated carbocycles. The van der Waals surface area contributed by atoms with Crippen molar-refractivity contribution in [2.45, 2.75) is 0 Å². The van der Waals surface area contributed by atoms with Gasteiger partial charge in [-0.25, -0.2) is 0 Å². The first kappa shape index (κ1) is 44.6. The van der Waals surface area contributed by atoms with Gasteiger partial charge in [0.25, 0.3) is 20.1 Å². The molecule has 12 aromatic carbocycles. The van der Waals surface area contributed by atoms with Crippen molar-refractivity contribution in [3.63, 3.8) is 0 Å². The summed E-state index contributed by atoms with van der Waals surface area (Å²) < 4.78 is 7.23. The maximum atomic E-state index is 7.23. The SMILES string of the molecule is c1ccc(N(c2ccccc2)c2cc3c4c(c2)N(c2ccccc2)c2cc5c(cc2B4c2ccccc2O3)N(c2ccccc2)c2cc3c4c6c2B5c2ccccc2N6c2ccccc2B4c2ccccc2N3c2ccccc2)cc1. The van der Waals surface area contributed by atoms with Crippen LogP contribution in [0.3, 0.4) is 0 Å². The Morgan fingerprint density at radius 2 is 0.617 bits per heavy atom. The highest BCUT2D eigenvalue weighted by Crippen LogP contribution is 2.52. The number of rotatable bonds is 6. The molecule has 0 N–H and O–H groups in total. The number of benzene rings is 12. The monoisotopic (exact) mass is 1030 g/mol. The van der Waals surface area contributed by atoms with Crippen molar-refractivity contribution in [3.8, 4) is 11.5 Å². The van der Waals surface area contributed by atoms with Gasteiger partial charge < -0.3 is 29.2 Å². The average Bonchev–Trinajstić information content (AvgIpc) is 2.65. The fourth-order valence-electron chi connectivity index (χ4n) is 14.7. The van der Waals surface area contributed by atoms with Crippen molar-refractivity contribution >= 4 is 155 Å². The van der Waals surface area contributed by atoms with Crippen LogP contribution in [-0.4, -0.2) is 20.1 Å². The Kier molecular flexibility index (Phi) is 9.40. The van der Waals surface area contributed by atoms with Gasteiger partial charge in [-0.3, -0.25) is 0 Å². The maximum Gasteiger partial charge on any atom is 0.256 e. The number of fused-ring (bicyclic) bond motifs is 14. The van der Waals surface area contributed by atoms with Crippen molar-refractivity contribution in [1.82, 2.24) is 0 Å². The first-order valence-electron chi connectivity index (χ1n) is 28.1. The smallest absolute Gasteiger partial charge is 0.256 e. The van der Waals surface area contributed by atoms with Gasteiger partial charge in [0.15, 0.2) is 0 Å². The van der Waals surface area contributed by atoms with Crippen LogP contribution < -0.4 is 78.4 Å². The fraction of sp³-hybridized carbons (Fsp3) is 0. The van der Waals surface area contributed by atoms with Crippen molar-refractivity contribution in [2.24, 2.45) is 0 Å². The molecule has 0 radical (unpaired) electrons. The zero-order valence-corrected chi connectivity index (χ0v) is 43.9. The lowest BCUT2D eigenvalue weighted by atomic mass is 9.28. The minimum atomic E-state index is -0.156. The molecule has 6 nitrogen and oxygen atoms in total. The van der Waals surface area contributed by atoms with Crippen LogP contribution in [0.4, 0.5) is 85.3 Å². The summed E-state index contributed by atoms with van der Waals surface area (Å²) in [6.45, 7) is -0.287. The second-order valence-electron chi connectivity index (χ2n) is 21.9. The molecule has 18 rings (SSSR count). The summed E-state index contributed by atoms with van der Waals surface area (Å²) in [6, 6.07) is 103. The minimum absolute atomic E-state index is 0.00155. The Balaban J connectivity index is 0.963. The molecular formula is C72H46B3N5O. The topological polar surface area (TPSA) is 25.4 Å². The highest BCUT2D eigenvalue weighted by molar-refractivity contribution is 7.05. The number of anilines is 15. The predicted molar refractivity (Wildman–Crippen MR) is 340 cm³/mol. The summed E-state index contributed by atoms with van der Waals surface area (Å²) in [5.74, 6) is 1.72. The third-order valence-corrected chi connectivity index (χ3v) is 17.8. The molecule has 0 atom stereocenters. The maximum absolute atomic E-state index is 7.23. The van der Waals surface area contributed by atoms with Crippen LogP contribution in [0.5, 0.6) is 11.5 Å². The molecule has 0 aliphatic carbocycles. The Morgan fingerprint density at radius 1 is 0.247 bits per heavy atom. The molecule has 6 aliphatic rings. The summed E-state index contributed by atoms with van der Waals surface area (Å²) in [5, 5.41) is 0. The molecule has 374 valence electrons. The van der Waals surface area contributed by atoms with Gasteiger partial charge in [0, 0.05) is 85.7 Å². The quantitative estimate of drug-likeness (QED) is 0.154. The van der Waals surface area contributed by atoms with Crippen LogP contribution in [0.2, 0.25) is 0 Å². The molecule has 6 aliphatic heterocycles. The molecular weight excluding hydrogens is 983 g/mol. The lowest BCUT2D eigenvalue weighted by molar-refractivity contribution is 0.487. The van der Waals surface area contributed by atoms with Gasteiger partial charge in [0.1, 0.15) is 11.5 Å². The number of hydrogen-bond donors (Lipinski definition) is 0. The zero-order valence-electron chi connectivity index (χ0n) is 43.9. The van der Waals surface area contributed by atoms with E-state index in [1.54, 1.807) is 0 Å². The van der Waals surface area contributed by atoms with Crippen molar-refractivity contribution in [3.05, 3.63) is 279 Å². The van der Waals surface area contributed by atoms with Crippen LogP contribution >= 0.6 is 0 Å². The summed E-state index contributed by atoms with van der Waals surface area (Å²) >= 11 is 0. The first-order chi connectivity index (χ1) is 40.2. The number of hydrogen-bond acceptors (Lipinski definition) is 6. The van der Waals surface area contributed by atoms with E-state index in [1.165, 1.54) is 78.1 Å². The van der Waals surface area contributed by atoms with Gasteiger partial charge in [-0.1, -0.05) is 164 Å². The molecule has 9 heteroatoms. The van der Waals surface area contributed by atoms with Gasteiger partial charge >= 0.3 is 0 Å². The van der Waals surface area contributed by atoms with E-state index in [9.17, 15) is 0 Å². The molecule has 0 bridgehead atoms. The van der Waals surface area contributed by atoms with E-state index in [1.807, 2.05) is 0 Å². The fourth-order valence-corrected chi connectivity index (χ4v) is 14.7. The van der Waals surface area contributed by atoms with Crippen molar-refractivity contribution in [1.29, 1.82) is 0 Å². The normalized spacial score (nSPS) is 13.9. The average molecular weight is 1030 g/mol. The van der Waals surface area contributed by atoms with Crippen LogP contribution in [0, 0.1) is 0 Å². The minimum Gasteiger partial charge on any atom is -0.458 e. The molecule has 0 aromatic heterocycles. The molecule has 0 fully saturated rings. The molecule has 0 unspecified atom stereocenters. The van der Waals surface area contributed by atoms with E-state index >= 15 is 0 Å². The number of para-hydroxylation sites is 9. The van der Waals surface area contributed by atoms with E-state index < -0.39 is 0 Å². The third-order valence-electron chi connectivity index (χ3n) is 17.8. The van der Waals surface area contributed by atoms with Crippen LogP contribution in [0.1, 0.15) is 0 Å². The Morgan fingerprint density at radius 3 is 1.11 bits per heavy atom. The van der Waals surface area contributed by atoms with Gasteiger partial charge in [-0.15, -0.1) is 0 Å². The van der Waals surface area contributed by atoms with E-state index in [0.717, 1.165) is 67.9 Å². The highest BCUT2D eigenvalue weighted by atomic mass is 16.5. The second-order valence-corrected chi connectivity index (χ2v) is 21.9. The lowest BCUT2D eigenvalue weighted by Crippen LogP contribution is -2.69. The van der Waals surface area contributed by atoms with E-state index in [0.29, 0.717) is 0 Å². The number of ether oxygens (including phenoxy) is 1. The molecule has 0 saturated heterocycles. The zero-order chi connectivity index (χ0) is 52.9. The van der Waals surface area contributed by atoms with E-state index in [-0.39, 0.29) is 20.1 Å². The lowest BCUT2D eigenvalue weighted by Gasteiger charge is -2.51. The number of nitrogens with zero attached hydrogens (tertiary/aromatic N) is 5. The summed E-state index contributed by atoms with van der Waals surface area (Å²) in [7, 11) is 0. The summed E-state index contributed by atoms with van der Waals surface area (Å²) in [6.07, 6.45) is 0. The first-order valence-corrected chi connectivity index (χ1v) is 28.1. The van der Waals surface area contributed by atoms with E-state index in [4.69, 9.17) is 4.74 Å². The van der Waals surface area contributed by atoms with Gasteiger partial charge in [-0.2, -0.15) is 0 Å².